The van der Waals surface area contributed by atoms with Crippen molar-refractivity contribution in [1.29, 1.82) is 0 Å². The van der Waals surface area contributed by atoms with Gasteiger partial charge in [-0.1, -0.05) is 17.8 Å². The molecule has 0 unspecified atom stereocenters. The molecule has 0 saturated heterocycles. The van der Waals surface area contributed by atoms with E-state index >= 15 is 0 Å². The van der Waals surface area contributed by atoms with Crippen molar-refractivity contribution in [2.75, 3.05) is 19.8 Å². The van der Waals surface area contributed by atoms with E-state index in [9.17, 15) is 0 Å². The lowest BCUT2D eigenvalue weighted by Crippen LogP contribution is -2.27. The Balaban J connectivity index is 3.70. The SMILES string of the molecule is C#CCO[SiH](OCC#C)OCC#C. The molecule has 0 aliphatic rings. The van der Waals surface area contributed by atoms with Gasteiger partial charge in [-0.25, -0.2) is 0 Å². The summed E-state index contributed by atoms with van der Waals surface area (Å²) in [6.45, 7) is 0.435. The van der Waals surface area contributed by atoms with Crippen LogP contribution in [-0.4, -0.2) is 29.3 Å². The van der Waals surface area contributed by atoms with E-state index in [2.05, 4.69) is 17.8 Å². The summed E-state index contributed by atoms with van der Waals surface area (Å²) in [6, 6.07) is 0. The van der Waals surface area contributed by atoms with Gasteiger partial charge in [-0.3, -0.25) is 0 Å². The Hall–Kier alpha value is -1.22. The Kier molecular flexibility index (Phi) is 8.04. The summed E-state index contributed by atoms with van der Waals surface area (Å²) in [5.41, 5.74) is 0. The van der Waals surface area contributed by atoms with E-state index in [1.54, 1.807) is 0 Å². The molecule has 13 heavy (non-hydrogen) atoms. The molecule has 0 amide bonds. The quantitative estimate of drug-likeness (QED) is 0.427. The third kappa shape index (κ3) is 7.15. The summed E-state index contributed by atoms with van der Waals surface area (Å²) in [7, 11) is -2.21. The number of hydrogen-bond donors (Lipinski definition) is 0. The minimum atomic E-state index is -2.21. The van der Waals surface area contributed by atoms with Crippen LogP contribution in [0.4, 0.5) is 0 Å². The monoisotopic (exact) mass is 194 g/mol. The minimum Gasteiger partial charge on any atom is -0.364 e. The molecule has 0 rings (SSSR count). The Morgan fingerprint density at radius 3 is 1.31 bits per heavy atom. The third-order valence-electron chi connectivity index (χ3n) is 0.908. The van der Waals surface area contributed by atoms with Crippen LogP contribution in [0.25, 0.3) is 0 Å². The van der Waals surface area contributed by atoms with Gasteiger partial charge in [0.05, 0.1) is 19.8 Å². The van der Waals surface area contributed by atoms with E-state index in [0.717, 1.165) is 0 Å². The maximum Gasteiger partial charge on any atom is 0.486 e. The van der Waals surface area contributed by atoms with Gasteiger partial charge >= 0.3 is 9.53 Å². The number of terminal acetylenes is 3. The van der Waals surface area contributed by atoms with Crippen molar-refractivity contribution in [3.05, 3.63) is 0 Å². The highest BCUT2D eigenvalue weighted by atomic mass is 28.3. The van der Waals surface area contributed by atoms with Gasteiger partial charge in [0, 0.05) is 0 Å². The molecule has 0 radical (unpaired) electrons. The van der Waals surface area contributed by atoms with Gasteiger partial charge < -0.3 is 13.3 Å². The third-order valence-corrected chi connectivity index (χ3v) is 2.22. The molecule has 0 aromatic rings. The normalized spacial score (nSPS) is 8.77. The summed E-state index contributed by atoms with van der Waals surface area (Å²) >= 11 is 0. The van der Waals surface area contributed by atoms with Crippen molar-refractivity contribution in [1.82, 2.24) is 0 Å². The molecule has 0 atom stereocenters. The summed E-state index contributed by atoms with van der Waals surface area (Å²) in [5, 5.41) is 0. The van der Waals surface area contributed by atoms with Crippen LogP contribution in [0.15, 0.2) is 0 Å². The molecular formula is C9H10O3Si. The van der Waals surface area contributed by atoms with Crippen LogP contribution < -0.4 is 0 Å². The zero-order valence-corrected chi connectivity index (χ0v) is 8.31. The average molecular weight is 194 g/mol. The van der Waals surface area contributed by atoms with E-state index in [-0.39, 0.29) is 19.8 Å². The van der Waals surface area contributed by atoms with E-state index in [1.165, 1.54) is 0 Å². The summed E-state index contributed by atoms with van der Waals surface area (Å²) < 4.78 is 15.2. The second-order valence-electron chi connectivity index (χ2n) is 1.83. The first-order valence-electron chi connectivity index (χ1n) is 3.50. The second-order valence-corrected chi connectivity index (χ2v) is 3.41. The van der Waals surface area contributed by atoms with Crippen LogP contribution in [0.3, 0.4) is 0 Å². The Morgan fingerprint density at radius 2 is 1.08 bits per heavy atom. The van der Waals surface area contributed by atoms with Crippen molar-refractivity contribution >= 4 is 9.53 Å². The largest absolute Gasteiger partial charge is 0.486 e. The number of hydrogen-bond acceptors (Lipinski definition) is 3. The van der Waals surface area contributed by atoms with Crippen LogP contribution in [0.1, 0.15) is 0 Å². The molecular weight excluding hydrogens is 184 g/mol. The predicted molar refractivity (Wildman–Crippen MR) is 51.5 cm³/mol. The summed E-state index contributed by atoms with van der Waals surface area (Å²) in [5.74, 6) is 6.90. The van der Waals surface area contributed by atoms with Gasteiger partial charge in [0.2, 0.25) is 0 Å². The van der Waals surface area contributed by atoms with Gasteiger partial charge in [0.25, 0.3) is 0 Å². The first-order chi connectivity index (χ1) is 6.35. The summed E-state index contributed by atoms with van der Waals surface area (Å²) in [4.78, 5) is 0. The predicted octanol–water partition coefficient (Wildman–Crippen LogP) is -0.347. The fourth-order valence-corrected chi connectivity index (χ4v) is 1.48. The maximum atomic E-state index is 5.06. The molecule has 0 fully saturated rings. The van der Waals surface area contributed by atoms with Gasteiger partial charge in [-0.15, -0.1) is 19.3 Å². The highest BCUT2D eigenvalue weighted by Crippen LogP contribution is 1.91. The molecule has 3 nitrogen and oxygen atoms in total. The number of rotatable bonds is 6. The van der Waals surface area contributed by atoms with Gasteiger partial charge in [0.1, 0.15) is 0 Å². The Bertz CT molecular complexity index is 200. The van der Waals surface area contributed by atoms with Crippen LogP contribution in [0.2, 0.25) is 0 Å². The molecule has 0 spiro atoms. The molecule has 0 saturated carbocycles. The van der Waals surface area contributed by atoms with E-state index in [4.69, 9.17) is 32.5 Å². The molecule has 0 aromatic carbocycles. The van der Waals surface area contributed by atoms with Crippen LogP contribution >= 0.6 is 0 Å². The van der Waals surface area contributed by atoms with Crippen molar-refractivity contribution in [3.63, 3.8) is 0 Å². The molecule has 0 N–H and O–H groups in total. The van der Waals surface area contributed by atoms with Crippen molar-refractivity contribution in [2.45, 2.75) is 0 Å². The first kappa shape index (κ1) is 11.8. The zero-order valence-electron chi connectivity index (χ0n) is 7.16. The fourth-order valence-electron chi connectivity index (χ4n) is 0.493. The standard InChI is InChI=1S/C9H10O3Si/c1-4-7-10-13(11-8-5-2)12-9-6-3/h1-3,13H,7-9H2. The van der Waals surface area contributed by atoms with Crippen molar-refractivity contribution in [3.8, 4) is 37.0 Å². The Labute approximate surface area is 80.3 Å². The molecule has 0 aliphatic carbocycles. The van der Waals surface area contributed by atoms with Gasteiger partial charge in [-0.2, -0.15) is 0 Å². The summed E-state index contributed by atoms with van der Waals surface area (Å²) in [6.07, 6.45) is 15.0. The average Bonchev–Trinajstić information content (AvgIpc) is 2.17. The molecule has 68 valence electrons. The first-order valence-corrected chi connectivity index (χ1v) is 4.91. The highest BCUT2D eigenvalue weighted by Gasteiger charge is 2.13. The lowest BCUT2D eigenvalue weighted by Gasteiger charge is -2.11. The molecule has 0 bridgehead atoms. The van der Waals surface area contributed by atoms with E-state index in [1.807, 2.05) is 0 Å². The maximum absolute atomic E-state index is 5.06. The Morgan fingerprint density at radius 1 is 0.769 bits per heavy atom. The van der Waals surface area contributed by atoms with Crippen LogP contribution in [-0.2, 0) is 13.3 Å². The molecule has 0 aromatic heterocycles. The lowest BCUT2D eigenvalue weighted by molar-refractivity contribution is 0.128. The van der Waals surface area contributed by atoms with E-state index < -0.39 is 9.53 Å². The van der Waals surface area contributed by atoms with Crippen LogP contribution in [0, 0.1) is 37.0 Å². The minimum absolute atomic E-state index is 0.145. The fraction of sp³-hybridized carbons (Fsp3) is 0.333. The van der Waals surface area contributed by atoms with Crippen molar-refractivity contribution < 1.29 is 13.3 Å². The van der Waals surface area contributed by atoms with Crippen LogP contribution in [0.5, 0.6) is 0 Å². The van der Waals surface area contributed by atoms with E-state index in [0.29, 0.717) is 0 Å². The molecule has 0 aliphatic heterocycles. The molecule has 0 heterocycles. The zero-order chi connectivity index (χ0) is 9.94. The lowest BCUT2D eigenvalue weighted by atomic mass is 10.8. The second kappa shape index (κ2) is 8.87. The topological polar surface area (TPSA) is 27.7 Å². The highest BCUT2D eigenvalue weighted by molar-refractivity contribution is 6.36. The van der Waals surface area contributed by atoms with Crippen molar-refractivity contribution in [2.24, 2.45) is 0 Å². The smallest absolute Gasteiger partial charge is 0.364 e. The molecule has 4 heteroatoms. The van der Waals surface area contributed by atoms with Gasteiger partial charge in [0.15, 0.2) is 0 Å². The van der Waals surface area contributed by atoms with Gasteiger partial charge in [-0.05, 0) is 0 Å².